The first-order valence-corrected chi connectivity index (χ1v) is 7.92. The van der Waals surface area contributed by atoms with Crippen LogP contribution < -0.4 is 10.6 Å². The second-order valence-electron chi connectivity index (χ2n) is 6.15. The van der Waals surface area contributed by atoms with Gasteiger partial charge in [0.1, 0.15) is 0 Å². The van der Waals surface area contributed by atoms with E-state index in [1.54, 1.807) is 0 Å². The number of hydrogen-bond acceptors (Lipinski definition) is 3. The largest absolute Gasteiger partial charge is 0.381 e. The van der Waals surface area contributed by atoms with Crippen LogP contribution in [-0.2, 0) is 22.5 Å². The lowest BCUT2D eigenvalue weighted by Gasteiger charge is -2.31. The van der Waals surface area contributed by atoms with Gasteiger partial charge in [-0.2, -0.15) is 0 Å². The minimum Gasteiger partial charge on any atom is -0.381 e. The van der Waals surface area contributed by atoms with Gasteiger partial charge in [-0.15, -0.1) is 0 Å². The highest BCUT2D eigenvalue weighted by Gasteiger charge is 2.27. The van der Waals surface area contributed by atoms with E-state index < -0.39 is 0 Å². The van der Waals surface area contributed by atoms with Crippen molar-refractivity contribution in [2.45, 2.75) is 44.8 Å². The molecule has 21 heavy (non-hydrogen) atoms. The summed E-state index contributed by atoms with van der Waals surface area (Å²) in [5, 5.41) is 6.54. The third-order valence-corrected chi connectivity index (χ3v) is 4.74. The molecule has 0 saturated carbocycles. The minimum atomic E-state index is -0.109. The van der Waals surface area contributed by atoms with Gasteiger partial charge in [-0.1, -0.05) is 24.3 Å². The van der Waals surface area contributed by atoms with Crippen molar-refractivity contribution in [3.05, 3.63) is 35.4 Å². The molecule has 3 rings (SSSR count). The van der Waals surface area contributed by atoms with Gasteiger partial charge in [-0.25, -0.2) is 0 Å². The van der Waals surface area contributed by atoms with Crippen LogP contribution in [0.25, 0.3) is 0 Å². The van der Waals surface area contributed by atoms with Gasteiger partial charge >= 0.3 is 0 Å². The van der Waals surface area contributed by atoms with Crippen molar-refractivity contribution in [2.24, 2.45) is 5.92 Å². The van der Waals surface area contributed by atoms with Gasteiger partial charge in [0.25, 0.3) is 0 Å². The highest BCUT2D eigenvalue weighted by molar-refractivity contribution is 5.82. The third kappa shape index (κ3) is 3.44. The Labute approximate surface area is 126 Å². The second kappa shape index (κ2) is 6.58. The number of carbonyl (C=O) groups is 1. The number of benzene rings is 1. The molecule has 2 aliphatic heterocycles. The summed E-state index contributed by atoms with van der Waals surface area (Å²) in [5.74, 6) is 0.669. The number of hydrogen-bond donors (Lipinski definition) is 2. The Hall–Kier alpha value is -1.39. The molecule has 1 aromatic carbocycles. The summed E-state index contributed by atoms with van der Waals surface area (Å²) >= 11 is 0. The molecule has 1 fully saturated rings. The number of fused-ring (bicyclic) bond motifs is 1. The molecule has 2 aliphatic rings. The SMILES string of the molecule is CC(NC(=O)[C@H]1Cc2ccccc2CN1)C1CCOCC1. The van der Waals surface area contributed by atoms with Crippen molar-refractivity contribution >= 4 is 5.91 Å². The fourth-order valence-electron chi connectivity index (χ4n) is 3.30. The zero-order valence-corrected chi connectivity index (χ0v) is 12.6. The minimum absolute atomic E-state index is 0.109. The van der Waals surface area contributed by atoms with Crippen LogP contribution >= 0.6 is 0 Å². The first-order valence-electron chi connectivity index (χ1n) is 7.92. The molecular formula is C17H24N2O2. The van der Waals surface area contributed by atoms with Crippen LogP contribution in [0.3, 0.4) is 0 Å². The van der Waals surface area contributed by atoms with Crippen molar-refractivity contribution in [1.82, 2.24) is 10.6 Å². The maximum atomic E-state index is 12.5. The maximum absolute atomic E-state index is 12.5. The third-order valence-electron chi connectivity index (χ3n) is 4.74. The molecule has 114 valence electrons. The topological polar surface area (TPSA) is 50.4 Å². The summed E-state index contributed by atoms with van der Waals surface area (Å²) in [4.78, 5) is 12.5. The van der Waals surface area contributed by atoms with Crippen molar-refractivity contribution in [2.75, 3.05) is 13.2 Å². The molecule has 2 N–H and O–H groups in total. The number of rotatable bonds is 3. The molecule has 2 heterocycles. The normalized spacial score (nSPS) is 24.1. The van der Waals surface area contributed by atoms with Crippen LogP contribution in [0, 0.1) is 5.92 Å². The zero-order valence-electron chi connectivity index (χ0n) is 12.6. The van der Waals surface area contributed by atoms with Gasteiger partial charge in [0.2, 0.25) is 5.91 Å². The fraction of sp³-hybridized carbons (Fsp3) is 0.588. The van der Waals surface area contributed by atoms with E-state index in [4.69, 9.17) is 4.74 Å². The van der Waals surface area contributed by atoms with Gasteiger partial charge in [0, 0.05) is 25.8 Å². The first kappa shape index (κ1) is 14.5. The Balaban J connectivity index is 1.56. The molecule has 4 heteroatoms. The standard InChI is InChI=1S/C17H24N2O2/c1-12(13-6-8-21-9-7-13)19-17(20)16-10-14-4-2-3-5-15(14)11-18-16/h2-5,12-13,16,18H,6-11H2,1H3,(H,19,20)/t12?,16-/m1/s1. The molecule has 0 bridgehead atoms. The predicted octanol–water partition coefficient (Wildman–Crippen LogP) is 1.63. The Morgan fingerprint density at radius 2 is 2.00 bits per heavy atom. The van der Waals surface area contributed by atoms with E-state index in [0.717, 1.165) is 39.0 Å². The highest BCUT2D eigenvalue weighted by atomic mass is 16.5. The van der Waals surface area contributed by atoms with Gasteiger partial charge in [0.15, 0.2) is 0 Å². The fourth-order valence-corrected chi connectivity index (χ4v) is 3.30. The molecule has 1 aromatic rings. The predicted molar refractivity (Wildman–Crippen MR) is 81.9 cm³/mol. The summed E-state index contributed by atoms with van der Waals surface area (Å²) in [5.41, 5.74) is 2.59. The molecule has 0 spiro atoms. The van der Waals surface area contributed by atoms with Crippen molar-refractivity contribution in [1.29, 1.82) is 0 Å². The smallest absolute Gasteiger partial charge is 0.237 e. The van der Waals surface area contributed by atoms with E-state index in [1.807, 2.05) is 12.1 Å². The van der Waals surface area contributed by atoms with Crippen molar-refractivity contribution in [3.8, 4) is 0 Å². The summed E-state index contributed by atoms with van der Waals surface area (Å²) < 4.78 is 5.39. The second-order valence-corrected chi connectivity index (χ2v) is 6.15. The Kier molecular flexibility index (Phi) is 4.56. The average Bonchev–Trinajstić information content (AvgIpc) is 2.55. The van der Waals surface area contributed by atoms with Crippen LogP contribution in [0.15, 0.2) is 24.3 Å². The number of carbonyl (C=O) groups excluding carboxylic acids is 1. The summed E-state index contributed by atoms with van der Waals surface area (Å²) in [6.45, 7) is 4.53. The lowest BCUT2D eigenvalue weighted by molar-refractivity contribution is -0.124. The van der Waals surface area contributed by atoms with Gasteiger partial charge in [0.05, 0.1) is 6.04 Å². The van der Waals surface area contributed by atoms with E-state index in [-0.39, 0.29) is 18.0 Å². The lowest BCUT2D eigenvalue weighted by Crippen LogP contribution is -2.51. The van der Waals surface area contributed by atoms with Gasteiger partial charge in [-0.05, 0) is 43.2 Å². The molecule has 2 atom stereocenters. The molecule has 0 aromatic heterocycles. The van der Waals surface area contributed by atoms with Crippen LogP contribution in [0.2, 0.25) is 0 Å². The zero-order chi connectivity index (χ0) is 14.7. The molecular weight excluding hydrogens is 264 g/mol. The van der Waals surface area contributed by atoms with Crippen molar-refractivity contribution in [3.63, 3.8) is 0 Å². The van der Waals surface area contributed by atoms with Crippen LogP contribution in [-0.4, -0.2) is 31.2 Å². The molecule has 4 nitrogen and oxygen atoms in total. The first-order chi connectivity index (χ1) is 10.2. The average molecular weight is 288 g/mol. The summed E-state index contributed by atoms with van der Waals surface area (Å²) in [6.07, 6.45) is 2.87. The van der Waals surface area contributed by atoms with E-state index in [2.05, 4.69) is 29.7 Å². The number of amides is 1. The molecule has 1 saturated heterocycles. The summed E-state index contributed by atoms with van der Waals surface area (Å²) in [6, 6.07) is 8.46. The number of ether oxygens (including phenoxy) is 1. The van der Waals surface area contributed by atoms with Crippen LogP contribution in [0.1, 0.15) is 30.9 Å². The molecule has 1 amide bonds. The maximum Gasteiger partial charge on any atom is 0.237 e. The Bertz CT molecular complexity index is 497. The summed E-state index contributed by atoms with van der Waals surface area (Å²) in [7, 11) is 0. The van der Waals surface area contributed by atoms with Crippen molar-refractivity contribution < 1.29 is 9.53 Å². The van der Waals surface area contributed by atoms with Gasteiger partial charge < -0.3 is 15.4 Å². The van der Waals surface area contributed by atoms with E-state index in [1.165, 1.54) is 11.1 Å². The lowest BCUT2D eigenvalue weighted by atomic mass is 9.91. The van der Waals surface area contributed by atoms with Gasteiger partial charge in [-0.3, -0.25) is 4.79 Å². The number of nitrogens with one attached hydrogen (secondary N) is 2. The molecule has 0 aliphatic carbocycles. The highest BCUT2D eigenvalue weighted by Crippen LogP contribution is 2.20. The Morgan fingerprint density at radius 1 is 1.29 bits per heavy atom. The van der Waals surface area contributed by atoms with E-state index >= 15 is 0 Å². The monoisotopic (exact) mass is 288 g/mol. The Morgan fingerprint density at radius 3 is 2.76 bits per heavy atom. The van der Waals surface area contributed by atoms with Crippen LogP contribution in [0.5, 0.6) is 0 Å². The van der Waals surface area contributed by atoms with E-state index in [0.29, 0.717) is 5.92 Å². The van der Waals surface area contributed by atoms with E-state index in [9.17, 15) is 4.79 Å². The molecule has 0 radical (unpaired) electrons. The van der Waals surface area contributed by atoms with Crippen LogP contribution in [0.4, 0.5) is 0 Å². The quantitative estimate of drug-likeness (QED) is 0.889. The molecule has 1 unspecified atom stereocenters.